The van der Waals surface area contributed by atoms with Crippen LogP contribution in [0.1, 0.15) is 41.9 Å². The van der Waals surface area contributed by atoms with E-state index >= 15 is 0 Å². The number of hydrogen-bond acceptors (Lipinski definition) is 4. The summed E-state index contributed by atoms with van der Waals surface area (Å²) in [5.74, 6) is 2.11. The molecule has 0 saturated carbocycles. The Labute approximate surface area is 139 Å². The summed E-state index contributed by atoms with van der Waals surface area (Å²) in [6, 6.07) is 7.80. The van der Waals surface area contributed by atoms with Crippen molar-refractivity contribution < 1.29 is 4.79 Å². The molecule has 0 spiro atoms. The van der Waals surface area contributed by atoms with E-state index in [4.69, 9.17) is 0 Å². The van der Waals surface area contributed by atoms with Gasteiger partial charge in [0.05, 0.1) is 12.1 Å². The molecule has 4 rings (SSSR count). The molecule has 0 saturated heterocycles. The Hall–Kier alpha value is -2.70. The molecule has 3 heterocycles. The molecule has 0 fully saturated rings. The Morgan fingerprint density at radius 3 is 2.75 bits per heavy atom. The van der Waals surface area contributed by atoms with Gasteiger partial charge in [-0.25, -0.2) is 0 Å². The summed E-state index contributed by atoms with van der Waals surface area (Å²) in [7, 11) is 1.86. The van der Waals surface area contributed by atoms with Crippen LogP contribution in [0.5, 0.6) is 0 Å². The molecule has 3 aromatic rings. The highest BCUT2D eigenvalue weighted by Crippen LogP contribution is 2.22. The van der Waals surface area contributed by atoms with Crippen molar-refractivity contribution >= 4 is 16.8 Å². The first-order chi connectivity index (χ1) is 11.6. The third kappa shape index (κ3) is 2.19. The van der Waals surface area contributed by atoms with E-state index in [-0.39, 0.29) is 5.91 Å². The van der Waals surface area contributed by atoms with Crippen LogP contribution in [0.4, 0.5) is 0 Å². The molecule has 0 aliphatic carbocycles. The average molecular weight is 324 g/mol. The second-order valence-corrected chi connectivity index (χ2v) is 6.50. The van der Waals surface area contributed by atoms with E-state index in [9.17, 15) is 4.79 Å². The zero-order valence-electron chi connectivity index (χ0n) is 14.1. The lowest BCUT2D eigenvalue weighted by Crippen LogP contribution is -2.39. The summed E-state index contributed by atoms with van der Waals surface area (Å²) >= 11 is 0. The van der Waals surface area contributed by atoms with Crippen LogP contribution in [-0.4, -0.2) is 41.9 Å². The third-order valence-electron chi connectivity index (χ3n) is 4.55. The van der Waals surface area contributed by atoms with Crippen LogP contribution in [0.2, 0.25) is 0 Å². The molecule has 1 amide bonds. The highest BCUT2D eigenvalue weighted by Gasteiger charge is 2.28. The topological polar surface area (TPSA) is 68.8 Å². The van der Waals surface area contributed by atoms with Crippen LogP contribution >= 0.6 is 0 Å². The van der Waals surface area contributed by atoms with Crippen LogP contribution in [0.15, 0.2) is 24.3 Å². The molecule has 24 heavy (non-hydrogen) atoms. The maximum Gasteiger partial charge on any atom is 0.275 e. The number of aromatic nitrogens is 5. The fourth-order valence-electron chi connectivity index (χ4n) is 3.30. The van der Waals surface area contributed by atoms with Crippen molar-refractivity contribution in [2.45, 2.75) is 32.9 Å². The zero-order chi connectivity index (χ0) is 16.8. The Morgan fingerprint density at radius 2 is 1.96 bits per heavy atom. The number of amides is 1. The van der Waals surface area contributed by atoms with Crippen LogP contribution in [-0.2, 0) is 20.1 Å². The van der Waals surface area contributed by atoms with Gasteiger partial charge in [-0.2, -0.15) is 5.10 Å². The van der Waals surface area contributed by atoms with Crippen molar-refractivity contribution in [3.63, 3.8) is 0 Å². The molecule has 0 atom stereocenters. The van der Waals surface area contributed by atoms with E-state index < -0.39 is 0 Å². The minimum atomic E-state index is -0.0489. The molecule has 1 aliphatic rings. The number of nitrogens with zero attached hydrogens (tertiary/aromatic N) is 6. The van der Waals surface area contributed by atoms with Gasteiger partial charge in [0.15, 0.2) is 11.5 Å². The minimum Gasteiger partial charge on any atom is -0.328 e. The number of benzene rings is 1. The smallest absolute Gasteiger partial charge is 0.275 e. The Morgan fingerprint density at radius 1 is 1.17 bits per heavy atom. The summed E-state index contributed by atoms with van der Waals surface area (Å²) in [5, 5.41) is 13.9. The first-order valence-corrected chi connectivity index (χ1v) is 8.19. The number of para-hydroxylation sites is 1. The molecule has 1 aromatic carbocycles. The predicted molar refractivity (Wildman–Crippen MR) is 89.6 cm³/mol. The Kier molecular flexibility index (Phi) is 3.37. The van der Waals surface area contributed by atoms with E-state index in [0.717, 1.165) is 29.1 Å². The van der Waals surface area contributed by atoms with Crippen LogP contribution < -0.4 is 0 Å². The van der Waals surface area contributed by atoms with E-state index in [2.05, 4.69) is 33.7 Å². The second kappa shape index (κ2) is 5.43. The van der Waals surface area contributed by atoms with Crippen molar-refractivity contribution in [1.82, 2.24) is 29.4 Å². The van der Waals surface area contributed by atoms with E-state index in [0.29, 0.717) is 24.7 Å². The number of aryl methyl sites for hydroxylation is 1. The number of rotatable bonds is 2. The number of carbonyl (C=O) groups is 1. The summed E-state index contributed by atoms with van der Waals surface area (Å²) in [4.78, 5) is 14.8. The first kappa shape index (κ1) is 14.9. The highest BCUT2D eigenvalue weighted by atomic mass is 16.2. The van der Waals surface area contributed by atoms with Crippen molar-refractivity contribution in [2.75, 3.05) is 6.54 Å². The average Bonchev–Trinajstić information content (AvgIpc) is 3.15. The molecule has 1 aliphatic heterocycles. The second-order valence-electron chi connectivity index (χ2n) is 6.50. The van der Waals surface area contributed by atoms with Gasteiger partial charge in [-0.1, -0.05) is 32.0 Å². The van der Waals surface area contributed by atoms with Gasteiger partial charge in [-0.15, -0.1) is 10.2 Å². The summed E-state index contributed by atoms with van der Waals surface area (Å²) in [5.41, 5.74) is 1.47. The highest BCUT2D eigenvalue weighted by molar-refractivity contribution is 6.04. The van der Waals surface area contributed by atoms with Gasteiger partial charge in [-0.3, -0.25) is 9.48 Å². The summed E-state index contributed by atoms with van der Waals surface area (Å²) < 4.78 is 3.89. The summed E-state index contributed by atoms with van der Waals surface area (Å²) in [6.45, 7) is 6.06. The third-order valence-corrected chi connectivity index (χ3v) is 4.55. The van der Waals surface area contributed by atoms with Crippen molar-refractivity contribution in [1.29, 1.82) is 0 Å². The molecule has 0 radical (unpaired) electrons. The number of hydrogen-bond donors (Lipinski definition) is 0. The van der Waals surface area contributed by atoms with Crippen LogP contribution in [0.3, 0.4) is 0 Å². The zero-order valence-corrected chi connectivity index (χ0v) is 14.1. The van der Waals surface area contributed by atoms with Gasteiger partial charge < -0.3 is 9.47 Å². The van der Waals surface area contributed by atoms with Gasteiger partial charge in [0, 0.05) is 31.4 Å². The quantitative estimate of drug-likeness (QED) is 0.722. The fourth-order valence-corrected chi connectivity index (χ4v) is 3.30. The van der Waals surface area contributed by atoms with E-state index in [1.165, 1.54) is 0 Å². The first-order valence-electron chi connectivity index (χ1n) is 8.19. The lowest BCUT2D eigenvalue weighted by molar-refractivity contribution is 0.0701. The van der Waals surface area contributed by atoms with Gasteiger partial charge in [-0.05, 0) is 6.07 Å². The fraction of sp³-hybridized carbons (Fsp3) is 0.412. The lowest BCUT2D eigenvalue weighted by Gasteiger charge is -2.27. The maximum atomic E-state index is 13.0. The molecular formula is C17H20N6O. The van der Waals surface area contributed by atoms with Crippen molar-refractivity contribution in [2.24, 2.45) is 7.05 Å². The van der Waals surface area contributed by atoms with Crippen LogP contribution in [0.25, 0.3) is 10.9 Å². The molecule has 7 nitrogen and oxygen atoms in total. The standard InChI is InChI=1S/C17H20N6O/c1-11(2)16-19-18-14-10-22(8-9-23(14)16)17(24)15-12-6-4-5-7-13(12)21(3)20-15/h4-7,11H,8-10H2,1-3H3. The predicted octanol–water partition coefficient (Wildman–Crippen LogP) is 1.94. The molecular weight excluding hydrogens is 304 g/mol. The van der Waals surface area contributed by atoms with E-state index in [1.807, 2.05) is 36.2 Å². The van der Waals surface area contributed by atoms with Gasteiger partial charge >= 0.3 is 0 Å². The molecule has 7 heteroatoms. The van der Waals surface area contributed by atoms with Crippen molar-refractivity contribution in [3.05, 3.63) is 41.6 Å². The molecule has 2 aromatic heterocycles. The Balaban J connectivity index is 1.66. The number of carbonyl (C=O) groups excluding carboxylic acids is 1. The van der Waals surface area contributed by atoms with E-state index in [1.54, 1.807) is 4.68 Å². The largest absolute Gasteiger partial charge is 0.328 e. The molecule has 0 bridgehead atoms. The molecule has 0 unspecified atom stereocenters. The minimum absolute atomic E-state index is 0.0489. The SMILES string of the molecule is CC(C)c1nnc2n1CCN(C(=O)c1nn(C)c3ccccc13)C2. The van der Waals surface area contributed by atoms with Gasteiger partial charge in [0.1, 0.15) is 5.82 Å². The van der Waals surface area contributed by atoms with Crippen molar-refractivity contribution in [3.8, 4) is 0 Å². The normalized spacial score (nSPS) is 14.4. The van der Waals surface area contributed by atoms with Crippen LogP contribution in [0, 0.1) is 0 Å². The lowest BCUT2D eigenvalue weighted by atomic mass is 10.1. The number of fused-ring (bicyclic) bond motifs is 2. The summed E-state index contributed by atoms with van der Waals surface area (Å²) in [6.07, 6.45) is 0. The Bertz CT molecular complexity index is 922. The molecule has 0 N–H and O–H groups in total. The molecule has 124 valence electrons. The van der Waals surface area contributed by atoms with Gasteiger partial charge in [0.2, 0.25) is 0 Å². The van der Waals surface area contributed by atoms with Gasteiger partial charge in [0.25, 0.3) is 5.91 Å². The maximum absolute atomic E-state index is 13.0. The monoisotopic (exact) mass is 324 g/mol.